The standard InChI is InChI=1S/C16H25FN4O3/c1-5-24-11-20-10-18-13-12(20)14(22)21(15(23)19(13)4)9-7-6-8-16(2,3)17/h10H,5-9,11H2,1-4H3/i2D3,3D3,4D3,6D2,7D2,8D2,9D2,11D2. The number of aryl methyl sites for hydroxylation is 1. The first-order valence-corrected chi connectivity index (χ1v) is 6.33. The van der Waals surface area contributed by atoms with E-state index in [1.807, 2.05) is 0 Å². The number of fused-ring (bicyclic) bond motifs is 1. The first kappa shape index (κ1) is 5.52. The van der Waals surface area contributed by atoms with E-state index in [2.05, 4.69) is 4.98 Å². The van der Waals surface area contributed by atoms with Crippen molar-refractivity contribution in [2.45, 2.75) is 58.6 Å². The molecule has 2 heterocycles. The Hall–Kier alpha value is -1.96. The molecule has 0 aliphatic heterocycles. The lowest BCUT2D eigenvalue weighted by atomic mass is 10.0. The first-order chi connectivity index (χ1) is 18.7. The molecule has 0 aliphatic carbocycles. The second kappa shape index (κ2) is 7.29. The van der Waals surface area contributed by atoms with Gasteiger partial charge in [-0.05, 0) is 39.7 Å². The van der Waals surface area contributed by atoms with Gasteiger partial charge in [-0.1, -0.05) is 0 Å². The van der Waals surface area contributed by atoms with Crippen LogP contribution in [-0.4, -0.2) is 31.0 Å². The van der Waals surface area contributed by atoms with Crippen molar-refractivity contribution in [1.29, 1.82) is 0 Å². The van der Waals surface area contributed by atoms with E-state index in [1.54, 1.807) is 0 Å². The molecule has 0 aliphatic rings. The van der Waals surface area contributed by atoms with Gasteiger partial charge in [0.2, 0.25) is 0 Å². The molecule has 8 heteroatoms. The zero-order chi connectivity index (χ0) is 34.4. The highest BCUT2D eigenvalue weighted by molar-refractivity contribution is 5.69. The summed E-state index contributed by atoms with van der Waals surface area (Å²) in [5.74, 6) is 0. The number of ether oxygens (including phenoxy) is 1. The third kappa shape index (κ3) is 3.92. The van der Waals surface area contributed by atoms with Crippen molar-refractivity contribution in [3.8, 4) is 0 Å². The van der Waals surface area contributed by atoms with Gasteiger partial charge in [0.1, 0.15) is 12.4 Å². The molecule has 0 aromatic carbocycles. The summed E-state index contributed by atoms with van der Waals surface area (Å²) in [6.07, 6.45) is -14.2. The Labute approximate surface area is 166 Å². The van der Waals surface area contributed by atoms with Crippen LogP contribution in [0.25, 0.3) is 11.2 Å². The minimum atomic E-state index is -5.22. The molecule has 0 unspecified atom stereocenters. The van der Waals surface area contributed by atoms with E-state index in [0.717, 1.165) is 0 Å². The molecule has 0 N–H and O–H groups in total. The Bertz CT molecular complexity index is 1480. The molecule has 0 bridgehead atoms. The largest absolute Gasteiger partial charge is 0.361 e. The van der Waals surface area contributed by atoms with Gasteiger partial charge in [0.15, 0.2) is 11.2 Å². The number of aromatic nitrogens is 4. The number of halogens is 1. The molecule has 0 fully saturated rings. The van der Waals surface area contributed by atoms with Crippen LogP contribution in [0.15, 0.2) is 15.9 Å². The second-order valence-corrected chi connectivity index (χ2v) is 4.21. The van der Waals surface area contributed by atoms with Crippen LogP contribution in [0.2, 0.25) is 0 Å². The van der Waals surface area contributed by atoms with Gasteiger partial charge in [0, 0.05) is 40.6 Å². The summed E-state index contributed by atoms with van der Waals surface area (Å²) < 4.78 is 168. The van der Waals surface area contributed by atoms with Crippen LogP contribution in [-0.2, 0) is 24.9 Å². The molecule has 0 atom stereocenters. The quantitative estimate of drug-likeness (QED) is 0.721. The monoisotopic (exact) mass is 359 g/mol. The van der Waals surface area contributed by atoms with Crippen molar-refractivity contribution < 1.29 is 35.2 Å². The number of rotatable bonds is 8. The average molecular weight is 360 g/mol. The Balaban J connectivity index is 3.15. The second-order valence-electron chi connectivity index (χ2n) is 4.21. The molecule has 134 valence electrons. The van der Waals surface area contributed by atoms with Crippen molar-refractivity contribution in [2.75, 3.05) is 6.61 Å². The lowest BCUT2D eigenvalue weighted by molar-refractivity contribution is 0.0903. The van der Waals surface area contributed by atoms with E-state index in [9.17, 15) is 9.59 Å². The first-order valence-electron chi connectivity index (χ1n) is 15.8. The van der Waals surface area contributed by atoms with Crippen LogP contribution in [0.1, 0.15) is 65.8 Å². The van der Waals surface area contributed by atoms with E-state index >= 15 is 4.39 Å². The number of hydrogen-bond acceptors (Lipinski definition) is 4. The van der Waals surface area contributed by atoms with Gasteiger partial charge in [-0.15, -0.1) is 0 Å². The Morgan fingerprint density at radius 2 is 2.21 bits per heavy atom. The molecule has 2 aromatic rings. The minimum absolute atomic E-state index is 0.210. The predicted molar refractivity (Wildman–Crippen MR) is 89.9 cm³/mol. The summed E-state index contributed by atoms with van der Waals surface area (Å²) in [6.45, 7) is -19.4. The SMILES string of the molecule is [2H]C([2H])([2H])n1c(=O)n(C([2H])([2H])C([2H])([2H])C([2H])([2H])C([2H])([2H])C(F)(C([2H])([2H])[2H])C([2H])([2H])[2H])c(=O)c2c1ncn2C([2H])([2H])OCC. The van der Waals surface area contributed by atoms with Gasteiger partial charge in [-0.3, -0.25) is 13.9 Å². The van der Waals surface area contributed by atoms with Crippen LogP contribution >= 0.6 is 0 Å². The normalized spacial score (nSPS) is 28.5. The van der Waals surface area contributed by atoms with Crippen molar-refractivity contribution in [2.24, 2.45) is 6.98 Å². The number of nitrogens with zero attached hydrogens (tertiary/aromatic N) is 4. The Kier molecular flexibility index (Phi) is 1.68. The fourth-order valence-electron chi connectivity index (χ4n) is 1.59. The Morgan fingerprint density at radius 1 is 1.42 bits per heavy atom. The molecule has 24 heavy (non-hydrogen) atoms. The molecule has 0 saturated carbocycles. The maximum Gasteiger partial charge on any atom is 0.332 e. The van der Waals surface area contributed by atoms with Gasteiger partial charge in [-0.2, -0.15) is 0 Å². The highest BCUT2D eigenvalue weighted by Gasteiger charge is 2.17. The van der Waals surface area contributed by atoms with Crippen molar-refractivity contribution in [3.63, 3.8) is 0 Å². The fraction of sp³-hybridized carbons (Fsp3) is 0.688. The summed E-state index contributed by atoms with van der Waals surface area (Å²) in [6, 6.07) is 0. The van der Waals surface area contributed by atoms with Crippen LogP contribution in [0.3, 0.4) is 0 Å². The maximum atomic E-state index is 15.9. The van der Waals surface area contributed by atoms with E-state index in [0.29, 0.717) is 6.33 Å². The Morgan fingerprint density at radius 3 is 2.88 bits per heavy atom. The fourth-order valence-corrected chi connectivity index (χ4v) is 1.59. The van der Waals surface area contributed by atoms with Crippen LogP contribution < -0.4 is 11.2 Å². The number of hydrogen-bond donors (Lipinski definition) is 0. The maximum absolute atomic E-state index is 15.9. The third-order valence-corrected chi connectivity index (χ3v) is 2.52. The highest BCUT2D eigenvalue weighted by Crippen LogP contribution is 2.17. The van der Waals surface area contributed by atoms with Gasteiger partial charge in [0.25, 0.3) is 5.56 Å². The van der Waals surface area contributed by atoms with Gasteiger partial charge >= 0.3 is 5.69 Å². The molecular formula is C16H25FN4O3. The predicted octanol–water partition coefficient (Wildman–Crippen LogP) is 1.81. The van der Waals surface area contributed by atoms with E-state index in [4.69, 9.17) is 30.8 Å². The molecule has 0 spiro atoms. The molecule has 7 nitrogen and oxygen atoms in total. The molecule has 2 rings (SSSR count). The van der Waals surface area contributed by atoms with E-state index in [1.165, 1.54) is 6.92 Å². The molecule has 0 radical (unpaired) electrons. The summed E-state index contributed by atoms with van der Waals surface area (Å²) in [5, 5.41) is 0. The lowest BCUT2D eigenvalue weighted by Gasteiger charge is -2.14. The smallest absolute Gasteiger partial charge is 0.332 e. The zero-order valence-electron chi connectivity index (χ0n) is 31.2. The summed E-state index contributed by atoms with van der Waals surface area (Å²) in [4.78, 5) is 30.4. The molecule has 0 saturated heterocycles. The van der Waals surface area contributed by atoms with Crippen LogP contribution in [0.5, 0.6) is 0 Å². The van der Waals surface area contributed by atoms with Crippen LogP contribution in [0, 0.1) is 0 Å². The molecule has 2 aromatic heterocycles. The summed E-state index contributed by atoms with van der Waals surface area (Å²) in [5.41, 5.74) is -11.8. The third-order valence-electron chi connectivity index (χ3n) is 2.52. The molecular weight excluding hydrogens is 315 g/mol. The minimum Gasteiger partial charge on any atom is -0.361 e. The number of imidazole rings is 1. The number of alkyl halides is 1. The van der Waals surface area contributed by atoms with Crippen molar-refractivity contribution in [1.82, 2.24) is 18.7 Å². The van der Waals surface area contributed by atoms with Crippen molar-refractivity contribution >= 4 is 11.2 Å². The molecule has 0 amide bonds. The zero-order valence-corrected chi connectivity index (χ0v) is 12.2. The van der Waals surface area contributed by atoms with Gasteiger partial charge < -0.3 is 9.30 Å². The van der Waals surface area contributed by atoms with Crippen molar-refractivity contribution in [3.05, 3.63) is 27.2 Å². The summed E-state index contributed by atoms with van der Waals surface area (Å²) in [7, 11) is 0. The topological polar surface area (TPSA) is 71.0 Å². The lowest BCUT2D eigenvalue weighted by Crippen LogP contribution is -2.39. The van der Waals surface area contributed by atoms with E-state index < -0.39 is 85.6 Å². The van der Waals surface area contributed by atoms with E-state index in [-0.39, 0.29) is 15.7 Å². The summed E-state index contributed by atoms with van der Waals surface area (Å²) >= 11 is 0. The van der Waals surface area contributed by atoms with Gasteiger partial charge in [-0.25, -0.2) is 14.2 Å². The average Bonchev–Trinajstić information content (AvgIpc) is 3.21. The van der Waals surface area contributed by atoms with Crippen LogP contribution in [0.4, 0.5) is 4.39 Å². The van der Waals surface area contributed by atoms with Gasteiger partial charge in [0.05, 0.1) is 11.8 Å². The highest BCUT2D eigenvalue weighted by atomic mass is 19.1.